The summed E-state index contributed by atoms with van der Waals surface area (Å²) in [7, 11) is 0. The van der Waals surface area contributed by atoms with Crippen LogP contribution >= 0.6 is 0 Å². The molecule has 41 heavy (non-hydrogen) atoms. The first-order valence-corrected chi connectivity index (χ1v) is 14.1. The third-order valence-corrected chi connectivity index (χ3v) is 7.65. The van der Waals surface area contributed by atoms with Crippen molar-refractivity contribution in [2.45, 2.75) is 72.4 Å². The Balaban J connectivity index is 1.24. The summed E-state index contributed by atoms with van der Waals surface area (Å²) in [6.45, 7) is 17.2. The van der Waals surface area contributed by atoms with Gasteiger partial charge in [-0.25, -0.2) is 4.79 Å². The number of amides is 2. The van der Waals surface area contributed by atoms with Crippen LogP contribution in [0.15, 0.2) is 41.2 Å². The van der Waals surface area contributed by atoms with Gasteiger partial charge in [0.05, 0.1) is 11.9 Å². The number of ether oxygens (including phenoxy) is 1. The molecule has 0 saturated carbocycles. The number of rotatable bonds is 5. The van der Waals surface area contributed by atoms with E-state index in [9.17, 15) is 9.59 Å². The molecule has 0 aliphatic carbocycles. The van der Waals surface area contributed by atoms with E-state index in [-0.39, 0.29) is 28.7 Å². The number of carbonyl (C=O) groups excluding carboxylic acids is 2. The summed E-state index contributed by atoms with van der Waals surface area (Å²) < 4.78 is 10.8. The average Bonchev–Trinajstić information content (AvgIpc) is 3.54. The molecule has 3 aromatic rings. The van der Waals surface area contributed by atoms with Crippen LogP contribution in [0, 0.1) is 12.3 Å². The molecule has 1 spiro atoms. The highest BCUT2D eigenvalue weighted by Gasteiger charge is 2.50. The van der Waals surface area contributed by atoms with E-state index in [4.69, 9.17) is 9.26 Å². The minimum atomic E-state index is -0.490. The zero-order valence-electron chi connectivity index (χ0n) is 25.1. The summed E-state index contributed by atoms with van der Waals surface area (Å²) in [6.07, 6.45) is 4.54. The Labute approximate surface area is 241 Å². The zero-order chi connectivity index (χ0) is 29.6. The van der Waals surface area contributed by atoms with E-state index < -0.39 is 5.60 Å². The summed E-state index contributed by atoms with van der Waals surface area (Å²) in [5, 5.41) is 6.73. The van der Waals surface area contributed by atoms with Gasteiger partial charge in [-0.2, -0.15) is 4.98 Å². The molecule has 1 aromatic carbocycles. The van der Waals surface area contributed by atoms with Crippen molar-refractivity contribution >= 4 is 17.7 Å². The minimum Gasteiger partial charge on any atom is -0.444 e. The first kappa shape index (κ1) is 28.6. The maximum atomic E-state index is 12.6. The van der Waals surface area contributed by atoms with Crippen LogP contribution in [0.4, 0.5) is 10.5 Å². The lowest BCUT2D eigenvalue weighted by molar-refractivity contribution is -0.0266. The number of hydrogen-bond donors (Lipinski definition) is 1. The second kappa shape index (κ2) is 10.5. The smallest absolute Gasteiger partial charge is 0.410 e. The largest absolute Gasteiger partial charge is 0.444 e. The van der Waals surface area contributed by atoms with E-state index in [0.717, 1.165) is 60.5 Å². The number of carbonyl (C=O) groups is 2. The van der Waals surface area contributed by atoms with E-state index in [1.54, 1.807) is 0 Å². The molecule has 2 saturated heterocycles. The highest BCUT2D eigenvalue weighted by atomic mass is 16.6. The second-order valence-electron chi connectivity index (χ2n) is 13.4. The predicted octanol–water partition coefficient (Wildman–Crippen LogP) is 5.11. The normalized spacial score (nSPS) is 16.6. The minimum absolute atomic E-state index is 0.0367. The Bertz CT molecular complexity index is 1450. The third-order valence-electron chi connectivity index (χ3n) is 7.65. The molecule has 0 atom stereocenters. The summed E-state index contributed by atoms with van der Waals surface area (Å²) in [4.78, 5) is 37.9. The van der Waals surface area contributed by atoms with Gasteiger partial charge in [0.15, 0.2) is 0 Å². The van der Waals surface area contributed by atoms with Crippen molar-refractivity contribution in [1.82, 2.24) is 25.3 Å². The fourth-order valence-electron chi connectivity index (χ4n) is 5.44. The lowest BCUT2D eigenvalue weighted by Gasteiger charge is -2.47. The number of nitrogens with one attached hydrogen (secondary N) is 1. The SMILES string of the molecule is Cc1cc(-c2ccncc2N2CCC3(CN(C(=O)OC(C)(C)C)C3)C2)ccc1CNC(=O)c1noc(C(C)(C)C)n1. The molecule has 2 amide bonds. The summed E-state index contributed by atoms with van der Waals surface area (Å²) in [6, 6.07) is 8.32. The van der Waals surface area contributed by atoms with Crippen LogP contribution in [0.3, 0.4) is 0 Å². The van der Waals surface area contributed by atoms with Crippen LogP contribution in [-0.2, 0) is 16.7 Å². The van der Waals surface area contributed by atoms with Crippen molar-refractivity contribution in [1.29, 1.82) is 0 Å². The fraction of sp³-hybridized carbons (Fsp3) is 0.516. The van der Waals surface area contributed by atoms with E-state index in [0.29, 0.717) is 12.4 Å². The lowest BCUT2D eigenvalue weighted by atomic mass is 9.79. The number of anilines is 1. The topological polar surface area (TPSA) is 114 Å². The van der Waals surface area contributed by atoms with Gasteiger partial charge in [0.25, 0.3) is 11.7 Å². The molecule has 10 heteroatoms. The van der Waals surface area contributed by atoms with Gasteiger partial charge in [-0.3, -0.25) is 9.78 Å². The summed E-state index contributed by atoms with van der Waals surface area (Å²) >= 11 is 0. The Morgan fingerprint density at radius 1 is 1.10 bits per heavy atom. The van der Waals surface area contributed by atoms with Gasteiger partial charge in [0.2, 0.25) is 5.89 Å². The molecule has 0 bridgehead atoms. The molecule has 10 nitrogen and oxygen atoms in total. The van der Waals surface area contributed by atoms with Gasteiger partial charge < -0.3 is 24.4 Å². The highest BCUT2D eigenvalue weighted by molar-refractivity contribution is 5.90. The van der Waals surface area contributed by atoms with Crippen LogP contribution < -0.4 is 10.2 Å². The van der Waals surface area contributed by atoms with Gasteiger partial charge in [0.1, 0.15) is 5.60 Å². The molecule has 0 unspecified atom stereocenters. The molecule has 2 aromatic heterocycles. The summed E-state index contributed by atoms with van der Waals surface area (Å²) in [5.41, 5.74) is 4.65. The van der Waals surface area contributed by atoms with Crippen molar-refractivity contribution in [2.24, 2.45) is 5.41 Å². The summed E-state index contributed by atoms with van der Waals surface area (Å²) in [5.74, 6) is 0.0981. The van der Waals surface area contributed by atoms with Gasteiger partial charge >= 0.3 is 6.09 Å². The van der Waals surface area contributed by atoms with Gasteiger partial charge in [-0.1, -0.05) is 44.1 Å². The fourth-order valence-corrected chi connectivity index (χ4v) is 5.44. The molecule has 4 heterocycles. The quantitative estimate of drug-likeness (QED) is 0.458. The van der Waals surface area contributed by atoms with E-state index >= 15 is 0 Å². The van der Waals surface area contributed by atoms with Crippen LogP contribution in [0.25, 0.3) is 11.1 Å². The van der Waals surface area contributed by atoms with Crippen LogP contribution in [0.5, 0.6) is 0 Å². The van der Waals surface area contributed by atoms with Gasteiger partial charge in [-0.15, -0.1) is 0 Å². The number of benzene rings is 1. The zero-order valence-corrected chi connectivity index (χ0v) is 25.1. The number of aromatic nitrogens is 3. The number of aryl methyl sites for hydroxylation is 1. The maximum absolute atomic E-state index is 12.6. The second-order valence-corrected chi connectivity index (χ2v) is 13.4. The first-order chi connectivity index (χ1) is 19.2. The van der Waals surface area contributed by atoms with Crippen molar-refractivity contribution in [3.8, 4) is 11.1 Å². The molecule has 2 aliphatic heterocycles. The van der Waals surface area contributed by atoms with Crippen molar-refractivity contribution in [2.75, 3.05) is 31.1 Å². The number of likely N-dealkylation sites (tertiary alicyclic amines) is 1. The standard InChI is InChI=1S/C31H40N6O4/c1-20-14-21(8-9-22(20)15-33-26(38)25-34-27(41-35-25)29(2,3)4)23-10-12-32-16-24(23)36-13-11-31(17-36)18-37(19-31)28(39)40-30(5,6)7/h8-10,12,14,16H,11,13,15,17-19H2,1-7H3,(H,33,38). The Morgan fingerprint density at radius 2 is 1.85 bits per heavy atom. The van der Waals surface area contributed by atoms with E-state index in [1.807, 2.05) is 77.9 Å². The molecular formula is C31H40N6O4. The van der Waals surface area contributed by atoms with Crippen molar-refractivity contribution in [3.63, 3.8) is 0 Å². The predicted molar refractivity (Wildman–Crippen MR) is 156 cm³/mol. The van der Waals surface area contributed by atoms with E-state index in [1.165, 1.54) is 0 Å². The molecular weight excluding hydrogens is 520 g/mol. The third kappa shape index (κ3) is 6.21. The van der Waals surface area contributed by atoms with Gasteiger partial charge in [-0.05, 0) is 56.9 Å². The molecule has 5 rings (SSSR count). The molecule has 218 valence electrons. The Morgan fingerprint density at radius 3 is 2.51 bits per heavy atom. The Kier molecular flexibility index (Phi) is 7.29. The number of nitrogens with zero attached hydrogens (tertiary/aromatic N) is 5. The van der Waals surface area contributed by atoms with Crippen LogP contribution in [0.1, 0.15) is 75.6 Å². The molecule has 1 N–H and O–H groups in total. The lowest BCUT2D eigenvalue weighted by Crippen LogP contribution is -2.60. The maximum Gasteiger partial charge on any atom is 0.410 e. The Hall–Kier alpha value is -3.95. The monoisotopic (exact) mass is 560 g/mol. The molecule has 2 fully saturated rings. The van der Waals surface area contributed by atoms with Crippen molar-refractivity contribution in [3.05, 3.63) is 59.5 Å². The average molecular weight is 561 g/mol. The van der Waals surface area contributed by atoms with Crippen molar-refractivity contribution < 1.29 is 18.8 Å². The highest BCUT2D eigenvalue weighted by Crippen LogP contribution is 2.43. The van der Waals surface area contributed by atoms with Crippen LogP contribution in [-0.4, -0.2) is 63.8 Å². The van der Waals surface area contributed by atoms with Crippen LogP contribution in [0.2, 0.25) is 0 Å². The van der Waals surface area contributed by atoms with E-state index in [2.05, 4.69) is 37.5 Å². The number of pyridine rings is 1. The number of hydrogen-bond acceptors (Lipinski definition) is 8. The molecule has 0 radical (unpaired) electrons. The molecule has 2 aliphatic rings. The van der Waals surface area contributed by atoms with Gasteiger partial charge in [0, 0.05) is 55.3 Å². The first-order valence-electron chi connectivity index (χ1n) is 14.1.